The maximum absolute atomic E-state index is 2.72. The molecule has 2 fully saturated rings. The Hall–Kier alpha value is -0.520. The Bertz CT molecular complexity index is 524. The second kappa shape index (κ2) is 4.99. The summed E-state index contributed by atoms with van der Waals surface area (Å²) in [6.07, 6.45) is 16.7. The smallest absolute Gasteiger partial charge is 0.00594 e. The van der Waals surface area contributed by atoms with Gasteiger partial charge in [0.2, 0.25) is 0 Å². The monoisotopic (exact) mass is 298 g/mol. The predicted molar refractivity (Wildman–Crippen MR) is 94.6 cm³/mol. The Morgan fingerprint density at radius 3 is 2.68 bits per heavy atom. The van der Waals surface area contributed by atoms with E-state index in [9.17, 15) is 0 Å². The lowest BCUT2D eigenvalue weighted by Gasteiger charge is -2.59. The molecule has 0 aromatic heterocycles. The van der Waals surface area contributed by atoms with Gasteiger partial charge in [-0.25, -0.2) is 0 Å². The normalized spacial score (nSPS) is 50.5. The van der Waals surface area contributed by atoms with Gasteiger partial charge in [0.1, 0.15) is 0 Å². The van der Waals surface area contributed by atoms with Crippen molar-refractivity contribution in [3.05, 3.63) is 23.3 Å². The van der Waals surface area contributed by atoms with Gasteiger partial charge in [-0.3, -0.25) is 0 Å². The standard InChI is InChI=1S/C22H34/c1-5-22-13-10-15(2)14-17(22)7-8-18-19-9-6-16(3)21(19,4)12-11-20(18)22/h6-7,15,18-20H,5,8-14H2,1-4H3. The van der Waals surface area contributed by atoms with E-state index in [1.807, 2.05) is 5.57 Å². The molecule has 2 saturated carbocycles. The Kier molecular flexibility index (Phi) is 3.41. The van der Waals surface area contributed by atoms with Gasteiger partial charge in [0.05, 0.1) is 0 Å². The quantitative estimate of drug-likeness (QED) is 0.483. The number of fused-ring (bicyclic) bond motifs is 5. The van der Waals surface area contributed by atoms with Crippen LogP contribution >= 0.6 is 0 Å². The van der Waals surface area contributed by atoms with Crippen LogP contribution in [0, 0.1) is 34.5 Å². The van der Waals surface area contributed by atoms with E-state index in [-0.39, 0.29) is 0 Å². The van der Waals surface area contributed by atoms with Gasteiger partial charge in [0, 0.05) is 0 Å². The van der Waals surface area contributed by atoms with Crippen molar-refractivity contribution in [1.29, 1.82) is 0 Å². The van der Waals surface area contributed by atoms with E-state index in [1.165, 1.54) is 51.4 Å². The molecular formula is C22H34. The van der Waals surface area contributed by atoms with Crippen LogP contribution in [0.15, 0.2) is 23.3 Å². The minimum Gasteiger partial charge on any atom is -0.0847 e. The SMILES string of the molecule is CCC12CCC(C)CC1=CCC1C3CC=C(C)C3(C)CCC12. The van der Waals surface area contributed by atoms with Crippen molar-refractivity contribution in [3.8, 4) is 0 Å². The fraction of sp³-hybridized carbons (Fsp3) is 0.818. The van der Waals surface area contributed by atoms with Gasteiger partial charge in [-0.2, -0.15) is 0 Å². The second-order valence-corrected chi connectivity index (χ2v) is 9.28. The van der Waals surface area contributed by atoms with Crippen LogP contribution in [0.25, 0.3) is 0 Å². The van der Waals surface area contributed by atoms with E-state index in [2.05, 4.69) is 39.8 Å². The van der Waals surface area contributed by atoms with Crippen LogP contribution in [0.5, 0.6) is 0 Å². The van der Waals surface area contributed by atoms with Gasteiger partial charge in [-0.1, -0.05) is 44.1 Å². The molecular weight excluding hydrogens is 264 g/mol. The topological polar surface area (TPSA) is 0 Å². The van der Waals surface area contributed by atoms with E-state index in [0.717, 1.165) is 23.7 Å². The summed E-state index contributed by atoms with van der Waals surface area (Å²) in [6.45, 7) is 9.93. The first kappa shape index (κ1) is 15.0. The molecule has 0 bridgehead atoms. The van der Waals surface area contributed by atoms with Gasteiger partial charge >= 0.3 is 0 Å². The lowest BCUT2D eigenvalue weighted by atomic mass is 9.46. The van der Waals surface area contributed by atoms with Crippen molar-refractivity contribution in [2.24, 2.45) is 34.5 Å². The van der Waals surface area contributed by atoms with Crippen LogP contribution in [0.4, 0.5) is 0 Å². The van der Waals surface area contributed by atoms with Crippen molar-refractivity contribution in [1.82, 2.24) is 0 Å². The van der Waals surface area contributed by atoms with Gasteiger partial charge in [-0.05, 0) is 92.8 Å². The summed E-state index contributed by atoms with van der Waals surface area (Å²) in [5.74, 6) is 3.81. The summed E-state index contributed by atoms with van der Waals surface area (Å²) in [6, 6.07) is 0. The van der Waals surface area contributed by atoms with E-state index in [1.54, 1.807) is 5.57 Å². The molecule has 122 valence electrons. The molecule has 4 rings (SSSR count). The average molecular weight is 299 g/mol. The maximum atomic E-state index is 2.72. The van der Waals surface area contributed by atoms with E-state index >= 15 is 0 Å². The second-order valence-electron chi connectivity index (χ2n) is 9.28. The average Bonchev–Trinajstić information content (AvgIpc) is 2.82. The molecule has 0 nitrogen and oxygen atoms in total. The highest BCUT2D eigenvalue weighted by Crippen LogP contribution is 2.66. The maximum Gasteiger partial charge on any atom is -0.00594 e. The molecule has 22 heavy (non-hydrogen) atoms. The number of rotatable bonds is 1. The van der Waals surface area contributed by atoms with Gasteiger partial charge < -0.3 is 0 Å². The lowest BCUT2D eigenvalue weighted by molar-refractivity contribution is -0.0302. The molecule has 4 aliphatic carbocycles. The Morgan fingerprint density at radius 1 is 1.09 bits per heavy atom. The zero-order valence-electron chi connectivity index (χ0n) is 15.1. The summed E-state index contributed by atoms with van der Waals surface area (Å²) in [4.78, 5) is 0. The molecule has 4 aliphatic rings. The predicted octanol–water partition coefficient (Wildman–Crippen LogP) is 6.53. The van der Waals surface area contributed by atoms with Crippen molar-refractivity contribution < 1.29 is 0 Å². The number of allylic oxidation sites excluding steroid dienone is 4. The Balaban J connectivity index is 1.71. The van der Waals surface area contributed by atoms with Gasteiger partial charge in [-0.15, -0.1) is 0 Å². The molecule has 0 spiro atoms. The largest absolute Gasteiger partial charge is 0.0847 e. The van der Waals surface area contributed by atoms with E-state index in [4.69, 9.17) is 0 Å². The van der Waals surface area contributed by atoms with Crippen LogP contribution in [0.3, 0.4) is 0 Å². The molecule has 0 amide bonds. The summed E-state index contributed by atoms with van der Waals surface area (Å²) in [5.41, 5.74) is 4.70. The van der Waals surface area contributed by atoms with Crippen molar-refractivity contribution in [2.75, 3.05) is 0 Å². The molecule has 0 saturated heterocycles. The molecule has 0 N–H and O–H groups in total. The van der Waals surface area contributed by atoms with E-state index in [0.29, 0.717) is 10.8 Å². The van der Waals surface area contributed by atoms with Gasteiger partial charge in [0.15, 0.2) is 0 Å². The lowest BCUT2D eigenvalue weighted by Crippen LogP contribution is -2.50. The first-order valence-corrected chi connectivity index (χ1v) is 9.88. The highest BCUT2D eigenvalue weighted by Gasteiger charge is 2.56. The summed E-state index contributed by atoms with van der Waals surface area (Å²) in [5, 5.41) is 0. The Labute approximate surface area is 137 Å². The van der Waals surface area contributed by atoms with Crippen LogP contribution in [-0.4, -0.2) is 0 Å². The summed E-state index contributed by atoms with van der Waals surface area (Å²) >= 11 is 0. The van der Waals surface area contributed by atoms with Crippen LogP contribution in [0.1, 0.15) is 79.1 Å². The van der Waals surface area contributed by atoms with Crippen molar-refractivity contribution >= 4 is 0 Å². The first-order valence-electron chi connectivity index (χ1n) is 9.88. The highest BCUT2D eigenvalue weighted by molar-refractivity contribution is 5.29. The third-order valence-corrected chi connectivity index (χ3v) is 8.67. The van der Waals surface area contributed by atoms with Gasteiger partial charge in [0.25, 0.3) is 0 Å². The van der Waals surface area contributed by atoms with Crippen LogP contribution < -0.4 is 0 Å². The fourth-order valence-corrected chi connectivity index (χ4v) is 7.08. The highest BCUT2D eigenvalue weighted by atomic mass is 14.6. The molecule has 0 heterocycles. The number of hydrogen-bond acceptors (Lipinski definition) is 0. The summed E-state index contributed by atoms with van der Waals surface area (Å²) in [7, 11) is 0. The fourth-order valence-electron chi connectivity index (χ4n) is 7.08. The molecule has 0 aromatic carbocycles. The van der Waals surface area contributed by atoms with E-state index < -0.39 is 0 Å². The Morgan fingerprint density at radius 2 is 1.91 bits per heavy atom. The first-order chi connectivity index (χ1) is 10.5. The summed E-state index contributed by atoms with van der Waals surface area (Å²) < 4.78 is 0. The molecule has 0 radical (unpaired) electrons. The molecule has 0 aliphatic heterocycles. The molecule has 0 heteroatoms. The van der Waals surface area contributed by atoms with Crippen LogP contribution in [0.2, 0.25) is 0 Å². The minimum absolute atomic E-state index is 0.531. The van der Waals surface area contributed by atoms with Crippen molar-refractivity contribution in [3.63, 3.8) is 0 Å². The molecule has 6 atom stereocenters. The van der Waals surface area contributed by atoms with Crippen molar-refractivity contribution in [2.45, 2.75) is 79.1 Å². The zero-order valence-corrected chi connectivity index (χ0v) is 15.1. The zero-order chi connectivity index (χ0) is 15.5. The third kappa shape index (κ3) is 1.82. The molecule has 0 aromatic rings. The minimum atomic E-state index is 0.531. The van der Waals surface area contributed by atoms with Crippen LogP contribution in [-0.2, 0) is 0 Å². The third-order valence-electron chi connectivity index (χ3n) is 8.67. The number of hydrogen-bond donors (Lipinski definition) is 0. The molecule has 6 unspecified atom stereocenters.